The average Bonchev–Trinajstić information content (AvgIpc) is 2.78. The van der Waals surface area contributed by atoms with Crippen LogP contribution >= 0.6 is 0 Å². The van der Waals surface area contributed by atoms with Gasteiger partial charge in [0.2, 0.25) is 0 Å². The molecule has 0 amide bonds. The third-order valence-electron chi connectivity index (χ3n) is 3.57. The van der Waals surface area contributed by atoms with Crippen LogP contribution < -0.4 is 0 Å². The maximum absolute atomic E-state index is 10.9. The Morgan fingerprint density at radius 2 is 2.19 bits per heavy atom. The van der Waals surface area contributed by atoms with Crippen LogP contribution in [0.25, 0.3) is 0 Å². The van der Waals surface area contributed by atoms with Crippen LogP contribution in [0.4, 0.5) is 0 Å². The Bertz CT molecular complexity index is 280. The van der Waals surface area contributed by atoms with Crippen LogP contribution in [0.1, 0.15) is 13.3 Å². The maximum atomic E-state index is 10.9. The zero-order chi connectivity index (χ0) is 11.8. The van der Waals surface area contributed by atoms with Crippen LogP contribution in [0.3, 0.4) is 0 Å². The Labute approximate surface area is 95.0 Å². The fraction of sp³-hybridized carbons (Fsp3) is 0.909. The molecule has 2 rings (SSSR count). The molecule has 5 heteroatoms. The summed E-state index contributed by atoms with van der Waals surface area (Å²) in [6.07, 6.45) is 0.811. The molecule has 2 aliphatic rings. The Morgan fingerprint density at radius 1 is 1.44 bits per heavy atom. The fourth-order valence-electron chi connectivity index (χ4n) is 2.85. The van der Waals surface area contributed by atoms with Gasteiger partial charge in [0.05, 0.1) is 18.8 Å². The first-order valence-electron chi connectivity index (χ1n) is 5.46. The van der Waals surface area contributed by atoms with E-state index in [1.807, 2.05) is 0 Å². The molecule has 1 heterocycles. The summed E-state index contributed by atoms with van der Waals surface area (Å²) in [6, 6.07) is 0. The minimum Gasteiger partial charge on any atom is -0.463 e. The van der Waals surface area contributed by atoms with Gasteiger partial charge < -0.3 is 18.9 Å². The molecule has 2 bridgehead atoms. The van der Waals surface area contributed by atoms with Crippen molar-refractivity contribution in [1.29, 1.82) is 0 Å². The summed E-state index contributed by atoms with van der Waals surface area (Å²) >= 11 is 0. The summed E-state index contributed by atoms with van der Waals surface area (Å²) in [5, 5.41) is 0. The predicted molar refractivity (Wildman–Crippen MR) is 55.0 cm³/mol. The van der Waals surface area contributed by atoms with Gasteiger partial charge in [-0.05, 0) is 0 Å². The number of ether oxygens (including phenoxy) is 4. The first-order chi connectivity index (χ1) is 7.63. The lowest BCUT2D eigenvalue weighted by Crippen LogP contribution is -2.43. The standard InChI is InChI=1S/C11H18O5/c1-7(12)15-6-11-4-9(13-2)8(5-16-11)10(11)14-3/h8-10H,4-6H2,1-3H3/t8-,9-,10-,11+/m0/s1. The molecule has 0 radical (unpaired) electrons. The molecule has 4 atom stereocenters. The number of hydrogen-bond acceptors (Lipinski definition) is 5. The highest BCUT2D eigenvalue weighted by Crippen LogP contribution is 2.47. The van der Waals surface area contributed by atoms with E-state index in [4.69, 9.17) is 18.9 Å². The second kappa shape index (κ2) is 4.31. The first-order valence-corrected chi connectivity index (χ1v) is 5.46. The van der Waals surface area contributed by atoms with E-state index in [2.05, 4.69) is 0 Å². The number of esters is 1. The molecule has 0 spiro atoms. The Hall–Kier alpha value is -0.650. The highest BCUT2D eigenvalue weighted by Gasteiger charge is 2.61. The van der Waals surface area contributed by atoms with Crippen LogP contribution in [0.2, 0.25) is 0 Å². The SMILES string of the molecule is CO[C@H]1C[C@]2(COC(C)=O)OC[C@@H]1[C@@H]2OC. The van der Waals surface area contributed by atoms with Gasteiger partial charge in [0.25, 0.3) is 0 Å². The van der Waals surface area contributed by atoms with Gasteiger partial charge in [0.15, 0.2) is 0 Å². The molecular weight excluding hydrogens is 212 g/mol. The van der Waals surface area contributed by atoms with Gasteiger partial charge in [-0.2, -0.15) is 0 Å². The molecule has 0 aromatic rings. The maximum Gasteiger partial charge on any atom is 0.302 e. The Morgan fingerprint density at radius 3 is 2.75 bits per heavy atom. The van der Waals surface area contributed by atoms with E-state index < -0.39 is 5.60 Å². The van der Waals surface area contributed by atoms with E-state index >= 15 is 0 Å². The third-order valence-corrected chi connectivity index (χ3v) is 3.57. The van der Waals surface area contributed by atoms with Crippen molar-refractivity contribution in [2.24, 2.45) is 5.92 Å². The van der Waals surface area contributed by atoms with Gasteiger partial charge in [-0.1, -0.05) is 0 Å². The van der Waals surface area contributed by atoms with E-state index in [1.165, 1.54) is 6.92 Å². The highest BCUT2D eigenvalue weighted by atomic mass is 16.6. The minimum absolute atomic E-state index is 0.0446. The van der Waals surface area contributed by atoms with Gasteiger partial charge in [-0.15, -0.1) is 0 Å². The molecule has 1 saturated carbocycles. The zero-order valence-electron chi connectivity index (χ0n) is 9.89. The van der Waals surface area contributed by atoms with Crippen molar-refractivity contribution in [3.8, 4) is 0 Å². The minimum atomic E-state index is -0.508. The first kappa shape index (κ1) is 11.8. The van der Waals surface area contributed by atoms with Crippen LogP contribution in [0.15, 0.2) is 0 Å². The third kappa shape index (κ3) is 1.73. The van der Waals surface area contributed by atoms with Crippen molar-refractivity contribution < 1.29 is 23.7 Å². The fourth-order valence-corrected chi connectivity index (χ4v) is 2.85. The smallest absolute Gasteiger partial charge is 0.302 e. The van der Waals surface area contributed by atoms with Gasteiger partial charge >= 0.3 is 5.97 Å². The van der Waals surface area contributed by atoms with Crippen LogP contribution in [0.5, 0.6) is 0 Å². The topological polar surface area (TPSA) is 54.0 Å². The summed E-state index contributed by atoms with van der Waals surface area (Å²) in [5.74, 6) is -0.0531. The van der Waals surface area contributed by atoms with E-state index in [0.29, 0.717) is 6.61 Å². The van der Waals surface area contributed by atoms with Crippen LogP contribution in [-0.2, 0) is 23.7 Å². The lowest BCUT2D eigenvalue weighted by Gasteiger charge is -2.30. The van der Waals surface area contributed by atoms with Crippen molar-refractivity contribution in [3.63, 3.8) is 0 Å². The predicted octanol–water partition coefficient (Wildman–Crippen LogP) is 0.368. The number of fused-ring (bicyclic) bond motifs is 2. The van der Waals surface area contributed by atoms with E-state index in [9.17, 15) is 4.79 Å². The normalized spacial score (nSPS) is 41.3. The number of carbonyl (C=O) groups excluding carboxylic acids is 1. The Balaban J connectivity index is 2.09. The second-order valence-corrected chi connectivity index (χ2v) is 4.45. The number of hydrogen-bond donors (Lipinski definition) is 0. The number of rotatable bonds is 4. The number of carbonyl (C=O) groups is 1. The molecule has 0 aromatic carbocycles. The van der Waals surface area contributed by atoms with Gasteiger partial charge in [0.1, 0.15) is 12.2 Å². The van der Waals surface area contributed by atoms with Gasteiger partial charge in [0, 0.05) is 33.5 Å². The van der Waals surface area contributed by atoms with Gasteiger partial charge in [-0.3, -0.25) is 4.79 Å². The summed E-state index contributed by atoms with van der Waals surface area (Å²) < 4.78 is 21.7. The van der Waals surface area contributed by atoms with Crippen molar-refractivity contribution >= 4 is 5.97 Å². The van der Waals surface area contributed by atoms with E-state index in [-0.39, 0.29) is 30.7 Å². The van der Waals surface area contributed by atoms with Gasteiger partial charge in [-0.25, -0.2) is 0 Å². The second-order valence-electron chi connectivity index (χ2n) is 4.45. The summed E-state index contributed by atoms with van der Waals surface area (Å²) in [4.78, 5) is 10.9. The van der Waals surface area contributed by atoms with E-state index in [1.54, 1.807) is 14.2 Å². The summed E-state index contributed by atoms with van der Waals surface area (Å²) in [6.45, 7) is 2.25. The van der Waals surface area contributed by atoms with Crippen LogP contribution in [0, 0.1) is 5.92 Å². The van der Waals surface area contributed by atoms with Crippen molar-refractivity contribution in [3.05, 3.63) is 0 Å². The molecule has 2 fully saturated rings. The molecule has 16 heavy (non-hydrogen) atoms. The van der Waals surface area contributed by atoms with Crippen LogP contribution in [-0.4, -0.2) is 51.2 Å². The summed E-state index contributed by atoms with van der Waals surface area (Å²) in [7, 11) is 3.35. The lowest BCUT2D eigenvalue weighted by molar-refractivity contribution is -0.159. The molecular formula is C11H18O5. The highest BCUT2D eigenvalue weighted by molar-refractivity contribution is 5.66. The number of methoxy groups -OCH3 is 2. The Kier molecular flexibility index (Phi) is 3.19. The molecule has 1 aliphatic heterocycles. The monoisotopic (exact) mass is 230 g/mol. The molecule has 1 aliphatic carbocycles. The molecule has 5 nitrogen and oxygen atoms in total. The van der Waals surface area contributed by atoms with Crippen molar-refractivity contribution in [2.45, 2.75) is 31.2 Å². The quantitative estimate of drug-likeness (QED) is 0.653. The average molecular weight is 230 g/mol. The zero-order valence-corrected chi connectivity index (χ0v) is 9.89. The lowest BCUT2D eigenvalue weighted by atomic mass is 10.0. The molecule has 92 valence electrons. The molecule has 1 saturated heterocycles. The summed E-state index contributed by atoms with van der Waals surface area (Å²) in [5.41, 5.74) is -0.508. The molecule has 0 aromatic heterocycles. The molecule has 0 N–H and O–H groups in total. The molecule has 0 unspecified atom stereocenters. The van der Waals surface area contributed by atoms with E-state index in [0.717, 1.165) is 6.42 Å². The largest absolute Gasteiger partial charge is 0.463 e. The van der Waals surface area contributed by atoms with Crippen molar-refractivity contribution in [2.75, 3.05) is 27.4 Å². The van der Waals surface area contributed by atoms with Crippen molar-refractivity contribution in [1.82, 2.24) is 0 Å².